The molecule has 1 rings (SSSR count). The van der Waals surface area contributed by atoms with E-state index in [9.17, 15) is 13.6 Å². The lowest BCUT2D eigenvalue weighted by Crippen LogP contribution is -2.27. The second-order valence-corrected chi connectivity index (χ2v) is 2.78. The smallest absolute Gasteiger partial charge is 0.379 e. The average molecular weight is 233 g/mol. The summed E-state index contributed by atoms with van der Waals surface area (Å²) in [6.45, 7) is 0. The number of ether oxygens (including phenoxy) is 2. The number of hydrogen-bond donors (Lipinski definition) is 1. The SMILES string of the molecule is COc1ccnc(OC)c1C(F)(F)C(=O)O. The highest BCUT2D eigenvalue weighted by atomic mass is 19.3. The predicted octanol–water partition coefficient (Wildman–Crippen LogP) is 1.28. The molecule has 7 heteroatoms. The minimum absolute atomic E-state index is 0.292. The van der Waals surface area contributed by atoms with E-state index in [1.807, 2.05) is 0 Å². The van der Waals surface area contributed by atoms with Crippen molar-refractivity contribution in [2.75, 3.05) is 14.2 Å². The van der Waals surface area contributed by atoms with Crippen LogP contribution in [-0.2, 0) is 10.7 Å². The van der Waals surface area contributed by atoms with Crippen LogP contribution in [-0.4, -0.2) is 30.3 Å². The first-order chi connectivity index (χ1) is 7.45. The number of nitrogens with zero attached hydrogens (tertiary/aromatic N) is 1. The third-order valence-corrected chi connectivity index (χ3v) is 1.87. The van der Waals surface area contributed by atoms with Gasteiger partial charge in [-0.15, -0.1) is 0 Å². The van der Waals surface area contributed by atoms with Crippen molar-refractivity contribution in [3.05, 3.63) is 17.8 Å². The number of methoxy groups -OCH3 is 2. The van der Waals surface area contributed by atoms with E-state index in [-0.39, 0.29) is 5.75 Å². The van der Waals surface area contributed by atoms with Crippen LogP contribution in [0.5, 0.6) is 11.6 Å². The highest BCUT2D eigenvalue weighted by Gasteiger charge is 2.47. The molecule has 0 aliphatic carbocycles. The van der Waals surface area contributed by atoms with Gasteiger partial charge >= 0.3 is 11.9 Å². The van der Waals surface area contributed by atoms with Gasteiger partial charge in [0.25, 0.3) is 0 Å². The lowest BCUT2D eigenvalue weighted by atomic mass is 10.1. The Bertz CT molecular complexity index is 386. The second-order valence-electron chi connectivity index (χ2n) is 2.78. The fourth-order valence-corrected chi connectivity index (χ4v) is 1.15. The summed E-state index contributed by atoms with van der Waals surface area (Å²) in [5.41, 5.74) is -0.896. The monoisotopic (exact) mass is 233 g/mol. The largest absolute Gasteiger partial charge is 0.496 e. The van der Waals surface area contributed by atoms with E-state index in [1.165, 1.54) is 6.20 Å². The van der Waals surface area contributed by atoms with E-state index >= 15 is 0 Å². The van der Waals surface area contributed by atoms with Crippen LogP contribution in [0, 0.1) is 0 Å². The molecule has 0 aromatic carbocycles. The number of carboxylic acids is 1. The molecule has 0 amide bonds. The molecule has 0 aliphatic rings. The Balaban J connectivity index is 3.45. The van der Waals surface area contributed by atoms with E-state index in [1.54, 1.807) is 0 Å². The van der Waals surface area contributed by atoms with Gasteiger partial charge in [0, 0.05) is 6.20 Å². The van der Waals surface area contributed by atoms with Crippen molar-refractivity contribution in [3.63, 3.8) is 0 Å². The van der Waals surface area contributed by atoms with Gasteiger partial charge in [0.1, 0.15) is 11.3 Å². The molecule has 0 fully saturated rings. The van der Waals surface area contributed by atoms with Gasteiger partial charge in [-0.25, -0.2) is 9.78 Å². The van der Waals surface area contributed by atoms with Crippen LogP contribution in [0.15, 0.2) is 12.3 Å². The number of pyridine rings is 1. The molecule has 0 saturated carbocycles. The molecule has 0 aliphatic heterocycles. The molecule has 0 radical (unpaired) electrons. The summed E-state index contributed by atoms with van der Waals surface area (Å²) in [7, 11) is 2.26. The van der Waals surface area contributed by atoms with Crippen molar-refractivity contribution in [1.82, 2.24) is 4.98 Å². The second kappa shape index (κ2) is 4.30. The molecule has 16 heavy (non-hydrogen) atoms. The molecule has 0 unspecified atom stereocenters. The number of hydrogen-bond acceptors (Lipinski definition) is 4. The summed E-state index contributed by atoms with van der Waals surface area (Å²) in [6.07, 6.45) is 1.18. The molecule has 1 heterocycles. The highest BCUT2D eigenvalue weighted by Crippen LogP contribution is 2.40. The Hall–Kier alpha value is -1.92. The molecule has 5 nitrogen and oxygen atoms in total. The first-order valence-corrected chi connectivity index (χ1v) is 4.13. The Labute approximate surface area is 89.6 Å². The summed E-state index contributed by atoms with van der Waals surface area (Å²) >= 11 is 0. The quantitative estimate of drug-likeness (QED) is 0.848. The fraction of sp³-hybridized carbons (Fsp3) is 0.333. The standard InChI is InChI=1S/C9H9F2NO4/c1-15-5-3-4-12-7(16-2)6(5)9(10,11)8(13)14/h3-4H,1-2H3,(H,13,14). The van der Waals surface area contributed by atoms with Crippen molar-refractivity contribution in [1.29, 1.82) is 0 Å². The number of rotatable bonds is 4. The summed E-state index contributed by atoms with van der Waals surface area (Å²) in [4.78, 5) is 14.0. The molecule has 1 N–H and O–H groups in total. The van der Waals surface area contributed by atoms with E-state index in [0.717, 1.165) is 20.3 Å². The number of carboxylic acid groups (broad SMARTS) is 1. The van der Waals surface area contributed by atoms with Crippen LogP contribution < -0.4 is 9.47 Å². The maximum absolute atomic E-state index is 13.4. The molecule has 1 aromatic heterocycles. The number of alkyl halides is 2. The van der Waals surface area contributed by atoms with E-state index in [2.05, 4.69) is 14.5 Å². The van der Waals surface area contributed by atoms with Crippen LogP contribution in [0.4, 0.5) is 8.78 Å². The number of halogens is 2. The topological polar surface area (TPSA) is 68.7 Å². The van der Waals surface area contributed by atoms with Gasteiger partial charge in [0.2, 0.25) is 5.88 Å². The molecule has 0 bridgehead atoms. The Morgan fingerprint density at radius 2 is 2.06 bits per heavy atom. The fourth-order valence-electron chi connectivity index (χ4n) is 1.15. The van der Waals surface area contributed by atoms with E-state index in [4.69, 9.17) is 5.11 Å². The van der Waals surface area contributed by atoms with E-state index in [0.29, 0.717) is 0 Å². The van der Waals surface area contributed by atoms with Crippen LogP contribution in [0.1, 0.15) is 5.56 Å². The molecular formula is C9H9F2NO4. The minimum atomic E-state index is -4.12. The summed E-state index contributed by atoms with van der Waals surface area (Å²) in [5.74, 6) is -7.19. The lowest BCUT2D eigenvalue weighted by molar-refractivity contribution is -0.166. The van der Waals surface area contributed by atoms with Crippen molar-refractivity contribution < 1.29 is 28.2 Å². The zero-order valence-corrected chi connectivity index (χ0v) is 8.53. The van der Waals surface area contributed by atoms with Crippen molar-refractivity contribution in [2.45, 2.75) is 5.92 Å². The molecule has 0 spiro atoms. The zero-order valence-electron chi connectivity index (χ0n) is 8.53. The molecule has 0 saturated heterocycles. The normalized spacial score (nSPS) is 11.0. The Morgan fingerprint density at radius 3 is 2.50 bits per heavy atom. The maximum Gasteiger partial charge on any atom is 0.379 e. The van der Waals surface area contributed by atoms with Gasteiger partial charge in [-0.2, -0.15) is 8.78 Å². The average Bonchev–Trinajstić information content (AvgIpc) is 2.27. The van der Waals surface area contributed by atoms with Gasteiger partial charge in [0.05, 0.1) is 14.2 Å². The summed E-state index contributed by atoms with van der Waals surface area (Å²) in [5, 5.41) is 8.45. The van der Waals surface area contributed by atoms with Gasteiger partial charge < -0.3 is 14.6 Å². The maximum atomic E-state index is 13.4. The highest BCUT2D eigenvalue weighted by molar-refractivity contribution is 5.79. The van der Waals surface area contributed by atoms with Crippen molar-refractivity contribution in [2.24, 2.45) is 0 Å². The van der Waals surface area contributed by atoms with E-state index < -0.39 is 23.3 Å². The van der Waals surface area contributed by atoms with Gasteiger partial charge in [-0.3, -0.25) is 0 Å². The number of aromatic nitrogens is 1. The molecular weight excluding hydrogens is 224 g/mol. The molecule has 1 aromatic rings. The van der Waals surface area contributed by atoms with Crippen LogP contribution >= 0.6 is 0 Å². The first-order valence-electron chi connectivity index (χ1n) is 4.13. The third kappa shape index (κ3) is 1.88. The van der Waals surface area contributed by atoms with Crippen LogP contribution in [0.25, 0.3) is 0 Å². The van der Waals surface area contributed by atoms with Crippen LogP contribution in [0.2, 0.25) is 0 Å². The molecule has 0 atom stereocenters. The van der Waals surface area contributed by atoms with Gasteiger partial charge in [-0.1, -0.05) is 0 Å². The Kier molecular flexibility index (Phi) is 3.26. The van der Waals surface area contributed by atoms with Gasteiger partial charge in [-0.05, 0) is 6.07 Å². The number of aliphatic carboxylic acids is 1. The third-order valence-electron chi connectivity index (χ3n) is 1.87. The van der Waals surface area contributed by atoms with Gasteiger partial charge in [0.15, 0.2) is 0 Å². The van der Waals surface area contributed by atoms with Crippen molar-refractivity contribution in [3.8, 4) is 11.6 Å². The van der Waals surface area contributed by atoms with Crippen LogP contribution in [0.3, 0.4) is 0 Å². The number of carbonyl (C=O) groups is 1. The summed E-state index contributed by atoms with van der Waals surface area (Å²) < 4.78 is 36.0. The minimum Gasteiger partial charge on any atom is -0.496 e. The Morgan fingerprint density at radius 1 is 1.44 bits per heavy atom. The predicted molar refractivity (Wildman–Crippen MR) is 48.9 cm³/mol. The molecule has 88 valence electrons. The zero-order chi connectivity index (χ0) is 12.3. The first kappa shape index (κ1) is 12.2. The summed E-state index contributed by atoms with van der Waals surface area (Å²) in [6, 6.07) is 1.13. The van der Waals surface area contributed by atoms with Crippen molar-refractivity contribution >= 4 is 5.97 Å². The lowest BCUT2D eigenvalue weighted by Gasteiger charge is -2.17.